The molecule has 5 nitrogen and oxygen atoms in total. The van der Waals surface area contributed by atoms with Crippen LogP contribution in [0.4, 0.5) is 5.69 Å². The van der Waals surface area contributed by atoms with Crippen LogP contribution in [0.25, 0.3) is 0 Å². The van der Waals surface area contributed by atoms with E-state index in [1.807, 2.05) is 27.0 Å². The fourth-order valence-electron chi connectivity index (χ4n) is 1.69. The minimum Gasteiger partial charge on any atom is -0.396 e. The summed E-state index contributed by atoms with van der Waals surface area (Å²) in [6, 6.07) is 0. The highest BCUT2D eigenvalue weighted by Gasteiger charge is 2.32. The molecule has 5 heteroatoms. The summed E-state index contributed by atoms with van der Waals surface area (Å²) in [4.78, 5) is 0. The van der Waals surface area contributed by atoms with Gasteiger partial charge < -0.3 is 15.2 Å². The van der Waals surface area contributed by atoms with Crippen molar-refractivity contribution in [3.05, 3.63) is 11.9 Å². The van der Waals surface area contributed by atoms with Crippen molar-refractivity contribution in [2.45, 2.75) is 39.2 Å². The van der Waals surface area contributed by atoms with Crippen molar-refractivity contribution < 1.29 is 9.47 Å². The highest BCUT2D eigenvalue weighted by atomic mass is 16.7. The maximum atomic E-state index is 5.71. The molecule has 1 saturated heterocycles. The molecule has 1 aromatic rings. The first-order valence-electron chi connectivity index (χ1n) is 5.07. The van der Waals surface area contributed by atoms with Gasteiger partial charge in [0.25, 0.3) is 0 Å². The predicted molar refractivity (Wildman–Crippen MR) is 56.3 cm³/mol. The zero-order valence-electron chi connectivity index (χ0n) is 9.36. The molecule has 15 heavy (non-hydrogen) atoms. The third-order valence-corrected chi connectivity index (χ3v) is 2.44. The van der Waals surface area contributed by atoms with Gasteiger partial charge in [0.1, 0.15) is 6.10 Å². The lowest BCUT2D eigenvalue weighted by atomic mass is 10.4. The number of anilines is 1. The molecule has 1 atom stereocenters. The Morgan fingerprint density at radius 2 is 2.40 bits per heavy atom. The van der Waals surface area contributed by atoms with E-state index >= 15 is 0 Å². The number of aromatic nitrogens is 2. The summed E-state index contributed by atoms with van der Waals surface area (Å²) < 4.78 is 13.0. The Hall–Kier alpha value is -1.07. The van der Waals surface area contributed by atoms with Crippen LogP contribution in [-0.2, 0) is 16.0 Å². The normalized spacial score (nSPS) is 24.6. The molecule has 1 aliphatic heterocycles. The van der Waals surface area contributed by atoms with Crippen molar-refractivity contribution >= 4 is 5.69 Å². The van der Waals surface area contributed by atoms with Crippen LogP contribution < -0.4 is 5.73 Å². The monoisotopic (exact) mass is 211 g/mol. The average Bonchev–Trinajstić information content (AvgIpc) is 2.58. The molecule has 1 aliphatic rings. The zero-order valence-corrected chi connectivity index (χ0v) is 9.36. The van der Waals surface area contributed by atoms with E-state index in [0.29, 0.717) is 18.8 Å². The molecular weight excluding hydrogens is 194 g/mol. The summed E-state index contributed by atoms with van der Waals surface area (Å²) in [7, 11) is 0. The summed E-state index contributed by atoms with van der Waals surface area (Å²) in [5.41, 5.74) is 7.28. The lowest BCUT2D eigenvalue weighted by Crippen LogP contribution is -2.24. The second-order valence-electron chi connectivity index (χ2n) is 4.34. The van der Waals surface area contributed by atoms with Gasteiger partial charge in [0, 0.05) is 6.20 Å². The molecule has 0 aliphatic carbocycles. The molecule has 0 spiro atoms. The number of aryl methyl sites for hydroxylation is 1. The molecule has 84 valence electrons. The van der Waals surface area contributed by atoms with Gasteiger partial charge in [-0.1, -0.05) is 0 Å². The number of hydrogen-bond acceptors (Lipinski definition) is 4. The zero-order chi connectivity index (χ0) is 11.1. The van der Waals surface area contributed by atoms with Crippen molar-refractivity contribution in [3.8, 4) is 0 Å². The first-order chi connectivity index (χ1) is 6.96. The lowest BCUT2D eigenvalue weighted by molar-refractivity contribution is -0.139. The van der Waals surface area contributed by atoms with E-state index in [1.165, 1.54) is 0 Å². The molecule has 0 radical (unpaired) electrons. The Labute approximate surface area is 89.2 Å². The van der Waals surface area contributed by atoms with Gasteiger partial charge >= 0.3 is 0 Å². The topological polar surface area (TPSA) is 62.3 Å². The Kier molecular flexibility index (Phi) is 2.44. The number of rotatable bonds is 2. The van der Waals surface area contributed by atoms with Gasteiger partial charge in [-0.25, -0.2) is 0 Å². The van der Waals surface area contributed by atoms with Crippen LogP contribution in [0.2, 0.25) is 0 Å². The highest BCUT2D eigenvalue weighted by molar-refractivity contribution is 5.39. The SMILES string of the molecule is Cc1nn(C[C@@H]2COC(C)(C)O2)cc1N. The van der Waals surface area contributed by atoms with Crippen LogP contribution in [0, 0.1) is 6.92 Å². The first kappa shape index (κ1) is 10.4. The van der Waals surface area contributed by atoms with Gasteiger partial charge in [-0.2, -0.15) is 5.10 Å². The average molecular weight is 211 g/mol. The van der Waals surface area contributed by atoms with Crippen LogP contribution in [-0.4, -0.2) is 28.3 Å². The van der Waals surface area contributed by atoms with Crippen molar-refractivity contribution in [1.82, 2.24) is 9.78 Å². The maximum Gasteiger partial charge on any atom is 0.163 e. The minimum atomic E-state index is -0.474. The summed E-state index contributed by atoms with van der Waals surface area (Å²) in [5.74, 6) is -0.474. The van der Waals surface area contributed by atoms with Gasteiger partial charge in [0.05, 0.1) is 24.5 Å². The molecular formula is C10H17N3O2. The highest BCUT2D eigenvalue weighted by Crippen LogP contribution is 2.23. The smallest absolute Gasteiger partial charge is 0.163 e. The Morgan fingerprint density at radius 1 is 1.67 bits per heavy atom. The van der Waals surface area contributed by atoms with Gasteiger partial charge in [-0.05, 0) is 20.8 Å². The Balaban J connectivity index is 1.98. The third kappa shape index (κ3) is 2.30. The van der Waals surface area contributed by atoms with Gasteiger partial charge in [0.15, 0.2) is 5.79 Å². The molecule has 0 aromatic carbocycles. The van der Waals surface area contributed by atoms with E-state index in [-0.39, 0.29) is 6.10 Å². The molecule has 2 heterocycles. The molecule has 0 unspecified atom stereocenters. The van der Waals surface area contributed by atoms with Crippen LogP contribution in [0.5, 0.6) is 0 Å². The number of nitrogen functional groups attached to an aromatic ring is 1. The second kappa shape index (κ2) is 3.50. The molecule has 0 amide bonds. The maximum absolute atomic E-state index is 5.71. The van der Waals surface area contributed by atoms with Crippen LogP contribution in [0.15, 0.2) is 6.20 Å². The van der Waals surface area contributed by atoms with E-state index < -0.39 is 5.79 Å². The van der Waals surface area contributed by atoms with Crippen LogP contribution >= 0.6 is 0 Å². The van der Waals surface area contributed by atoms with E-state index in [9.17, 15) is 0 Å². The van der Waals surface area contributed by atoms with E-state index in [1.54, 1.807) is 4.68 Å². The summed E-state index contributed by atoms with van der Waals surface area (Å²) >= 11 is 0. The fourth-order valence-corrected chi connectivity index (χ4v) is 1.69. The van der Waals surface area contributed by atoms with Gasteiger partial charge in [0.2, 0.25) is 0 Å². The van der Waals surface area contributed by atoms with Gasteiger partial charge in [-0.3, -0.25) is 4.68 Å². The molecule has 2 rings (SSSR count). The van der Waals surface area contributed by atoms with Crippen LogP contribution in [0.1, 0.15) is 19.5 Å². The van der Waals surface area contributed by atoms with Crippen LogP contribution in [0.3, 0.4) is 0 Å². The molecule has 1 fully saturated rings. The second-order valence-corrected chi connectivity index (χ2v) is 4.34. The number of nitrogens with zero attached hydrogens (tertiary/aromatic N) is 2. The standard InChI is InChI=1S/C10H17N3O2/c1-7-9(11)5-13(12-7)4-8-6-14-10(2,3)15-8/h5,8H,4,6,11H2,1-3H3/t8-/m1/s1. The van der Waals surface area contributed by atoms with E-state index in [0.717, 1.165) is 5.69 Å². The number of hydrogen-bond donors (Lipinski definition) is 1. The molecule has 0 bridgehead atoms. The third-order valence-electron chi connectivity index (χ3n) is 2.44. The number of nitrogens with two attached hydrogens (primary N) is 1. The largest absolute Gasteiger partial charge is 0.396 e. The van der Waals surface area contributed by atoms with E-state index in [2.05, 4.69) is 5.10 Å². The summed E-state index contributed by atoms with van der Waals surface area (Å²) in [6.07, 6.45) is 1.88. The number of ether oxygens (including phenoxy) is 2. The summed E-state index contributed by atoms with van der Waals surface area (Å²) in [6.45, 7) is 7.00. The Morgan fingerprint density at radius 3 is 2.87 bits per heavy atom. The lowest BCUT2D eigenvalue weighted by Gasteiger charge is -2.16. The van der Waals surface area contributed by atoms with Crippen molar-refractivity contribution in [2.75, 3.05) is 12.3 Å². The quantitative estimate of drug-likeness (QED) is 0.790. The minimum absolute atomic E-state index is 0.0544. The van der Waals surface area contributed by atoms with Crippen molar-refractivity contribution in [3.63, 3.8) is 0 Å². The van der Waals surface area contributed by atoms with E-state index in [4.69, 9.17) is 15.2 Å². The predicted octanol–water partition coefficient (Wildman–Crippen LogP) is 0.925. The molecule has 1 aromatic heterocycles. The fraction of sp³-hybridized carbons (Fsp3) is 0.700. The first-order valence-corrected chi connectivity index (χ1v) is 5.07. The molecule has 0 saturated carbocycles. The molecule has 2 N–H and O–H groups in total. The summed E-state index contributed by atoms with van der Waals surface area (Å²) in [5, 5.41) is 4.28. The van der Waals surface area contributed by atoms with Crippen molar-refractivity contribution in [1.29, 1.82) is 0 Å². The van der Waals surface area contributed by atoms with Gasteiger partial charge in [-0.15, -0.1) is 0 Å². The Bertz CT molecular complexity index is 340. The van der Waals surface area contributed by atoms with Crippen molar-refractivity contribution in [2.24, 2.45) is 0 Å².